The van der Waals surface area contributed by atoms with Crippen molar-refractivity contribution < 1.29 is 17.9 Å². The Labute approximate surface area is 150 Å². The van der Waals surface area contributed by atoms with Crippen molar-refractivity contribution in [3.8, 4) is 0 Å². The summed E-state index contributed by atoms with van der Waals surface area (Å²) in [6.45, 7) is 0.730. The van der Waals surface area contributed by atoms with Crippen molar-refractivity contribution in [2.75, 3.05) is 13.2 Å². The average molecular weight is 365 g/mol. The summed E-state index contributed by atoms with van der Waals surface area (Å²) in [6.07, 6.45) is 9.45. The minimum Gasteiger partial charge on any atom is -0.347 e. The first-order chi connectivity index (χ1) is 12.1. The fraction of sp³-hybridized carbons (Fsp3) is 0.684. The maximum atomic E-state index is 12.6. The number of nitrogens with one attached hydrogen (secondary N) is 1. The molecule has 25 heavy (non-hydrogen) atoms. The van der Waals surface area contributed by atoms with Gasteiger partial charge < -0.3 is 9.47 Å². The minimum atomic E-state index is -3.51. The highest BCUT2D eigenvalue weighted by atomic mass is 32.2. The van der Waals surface area contributed by atoms with Gasteiger partial charge in [-0.1, -0.05) is 12.5 Å². The number of hydrogen-bond acceptors (Lipinski definition) is 4. The third-order valence-corrected chi connectivity index (χ3v) is 7.08. The quantitative estimate of drug-likeness (QED) is 0.891. The molecule has 1 aromatic carbocycles. The summed E-state index contributed by atoms with van der Waals surface area (Å²) in [4.78, 5) is 0.361. The van der Waals surface area contributed by atoms with E-state index in [2.05, 4.69) is 4.72 Å². The summed E-state index contributed by atoms with van der Waals surface area (Å²) >= 11 is 0. The molecule has 0 amide bonds. The molecule has 1 heterocycles. The van der Waals surface area contributed by atoms with Crippen LogP contribution in [0.5, 0.6) is 0 Å². The van der Waals surface area contributed by atoms with Crippen LogP contribution >= 0.6 is 0 Å². The molecule has 2 fully saturated rings. The molecule has 3 aliphatic rings. The molecule has 1 saturated heterocycles. The number of rotatable bonds is 4. The first-order valence-corrected chi connectivity index (χ1v) is 11.0. The summed E-state index contributed by atoms with van der Waals surface area (Å²) in [6, 6.07) is 5.53. The lowest BCUT2D eigenvalue weighted by molar-refractivity contribution is -0.186. The minimum absolute atomic E-state index is 0.203. The molecule has 0 unspecified atom stereocenters. The van der Waals surface area contributed by atoms with E-state index < -0.39 is 15.8 Å². The summed E-state index contributed by atoms with van der Waals surface area (Å²) in [5, 5.41) is 0. The van der Waals surface area contributed by atoms with Gasteiger partial charge in [0, 0.05) is 19.4 Å². The molecule has 0 radical (unpaired) electrons. The van der Waals surface area contributed by atoms with Crippen LogP contribution in [-0.2, 0) is 32.3 Å². The SMILES string of the molecule is O=S(=O)(NC[C@H]1COC2(CCCCC2)O1)c1ccc2c(c1)CCCC2. The highest BCUT2D eigenvalue weighted by Gasteiger charge is 2.42. The zero-order valence-corrected chi connectivity index (χ0v) is 15.4. The smallest absolute Gasteiger partial charge is 0.240 e. The Morgan fingerprint density at radius 1 is 1.04 bits per heavy atom. The lowest BCUT2D eigenvalue weighted by Gasteiger charge is -2.31. The van der Waals surface area contributed by atoms with E-state index in [-0.39, 0.29) is 12.6 Å². The zero-order valence-electron chi connectivity index (χ0n) is 14.6. The maximum Gasteiger partial charge on any atom is 0.240 e. The van der Waals surface area contributed by atoms with Gasteiger partial charge >= 0.3 is 0 Å². The molecule has 4 rings (SSSR count). The second-order valence-corrected chi connectivity index (χ2v) is 9.28. The van der Waals surface area contributed by atoms with E-state index in [9.17, 15) is 8.42 Å². The van der Waals surface area contributed by atoms with E-state index in [1.54, 1.807) is 6.07 Å². The van der Waals surface area contributed by atoms with Crippen LogP contribution < -0.4 is 4.72 Å². The van der Waals surface area contributed by atoms with Crippen molar-refractivity contribution in [3.63, 3.8) is 0 Å². The fourth-order valence-electron chi connectivity index (χ4n) is 4.23. The highest BCUT2D eigenvalue weighted by Crippen LogP contribution is 2.37. The number of benzene rings is 1. The van der Waals surface area contributed by atoms with E-state index >= 15 is 0 Å². The van der Waals surface area contributed by atoms with E-state index in [4.69, 9.17) is 9.47 Å². The average Bonchev–Trinajstić information content (AvgIpc) is 3.03. The van der Waals surface area contributed by atoms with Crippen LogP contribution in [-0.4, -0.2) is 33.5 Å². The van der Waals surface area contributed by atoms with Crippen LogP contribution in [0.1, 0.15) is 56.1 Å². The Morgan fingerprint density at radius 3 is 2.60 bits per heavy atom. The summed E-state index contributed by atoms with van der Waals surface area (Å²) in [5.41, 5.74) is 2.47. The molecule has 1 N–H and O–H groups in total. The first-order valence-electron chi connectivity index (χ1n) is 9.50. The van der Waals surface area contributed by atoms with Crippen molar-refractivity contribution >= 4 is 10.0 Å². The molecular formula is C19H27NO4S. The molecule has 6 heteroatoms. The second kappa shape index (κ2) is 6.99. The molecule has 1 spiro atoms. The van der Waals surface area contributed by atoms with Gasteiger partial charge in [0.05, 0.1) is 17.6 Å². The van der Waals surface area contributed by atoms with Gasteiger partial charge in [-0.25, -0.2) is 13.1 Å². The lowest BCUT2D eigenvalue weighted by atomic mass is 9.92. The van der Waals surface area contributed by atoms with Gasteiger partial charge in [-0.05, 0) is 61.8 Å². The molecule has 1 aliphatic heterocycles. The van der Waals surface area contributed by atoms with Crippen LogP contribution in [0.2, 0.25) is 0 Å². The van der Waals surface area contributed by atoms with Crippen LogP contribution in [0.25, 0.3) is 0 Å². The molecule has 138 valence electrons. The Kier molecular flexibility index (Phi) is 4.88. The van der Waals surface area contributed by atoms with Crippen molar-refractivity contribution in [2.24, 2.45) is 0 Å². The van der Waals surface area contributed by atoms with Gasteiger partial charge in [0.1, 0.15) is 0 Å². The molecular weight excluding hydrogens is 338 g/mol. The molecule has 1 aromatic rings. The Bertz CT molecular complexity index is 725. The number of hydrogen-bond donors (Lipinski definition) is 1. The summed E-state index contributed by atoms with van der Waals surface area (Å²) in [7, 11) is -3.51. The van der Waals surface area contributed by atoms with Crippen LogP contribution in [0.15, 0.2) is 23.1 Å². The highest BCUT2D eigenvalue weighted by molar-refractivity contribution is 7.89. The molecule has 0 bridgehead atoms. The Hall–Kier alpha value is -0.950. The zero-order chi connectivity index (χ0) is 17.3. The van der Waals surface area contributed by atoms with Gasteiger partial charge in [-0.2, -0.15) is 0 Å². The molecule has 0 aromatic heterocycles. The lowest BCUT2D eigenvalue weighted by Crippen LogP contribution is -2.37. The van der Waals surface area contributed by atoms with Gasteiger partial charge in [0.15, 0.2) is 5.79 Å². The van der Waals surface area contributed by atoms with E-state index in [1.807, 2.05) is 12.1 Å². The fourth-order valence-corrected chi connectivity index (χ4v) is 5.35. The summed E-state index contributed by atoms with van der Waals surface area (Å²) < 4.78 is 39.9. The molecule has 2 aliphatic carbocycles. The topological polar surface area (TPSA) is 64.6 Å². The van der Waals surface area contributed by atoms with Crippen LogP contribution in [0.3, 0.4) is 0 Å². The molecule has 1 atom stereocenters. The number of fused-ring (bicyclic) bond motifs is 1. The van der Waals surface area contributed by atoms with E-state index in [1.165, 1.54) is 24.0 Å². The third-order valence-electron chi connectivity index (χ3n) is 5.66. The normalized spacial score (nSPS) is 25.8. The van der Waals surface area contributed by atoms with Gasteiger partial charge in [0.2, 0.25) is 10.0 Å². The number of aryl methyl sites for hydroxylation is 2. The Balaban J connectivity index is 1.39. The van der Waals surface area contributed by atoms with Crippen molar-refractivity contribution in [2.45, 2.75) is 74.6 Å². The van der Waals surface area contributed by atoms with E-state index in [0.717, 1.165) is 44.9 Å². The largest absolute Gasteiger partial charge is 0.347 e. The van der Waals surface area contributed by atoms with E-state index in [0.29, 0.717) is 11.5 Å². The maximum absolute atomic E-state index is 12.6. The van der Waals surface area contributed by atoms with Gasteiger partial charge in [0.25, 0.3) is 0 Å². The van der Waals surface area contributed by atoms with Crippen molar-refractivity contribution in [1.82, 2.24) is 4.72 Å². The van der Waals surface area contributed by atoms with Crippen LogP contribution in [0, 0.1) is 0 Å². The predicted molar refractivity (Wildman–Crippen MR) is 94.9 cm³/mol. The standard InChI is InChI=1S/C19H27NO4S/c21-25(22,18-9-8-15-6-2-3-7-16(15)12-18)20-13-17-14-23-19(24-17)10-4-1-5-11-19/h8-9,12,17,20H,1-7,10-11,13-14H2/t17-/m0/s1. The van der Waals surface area contributed by atoms with Gasteiger partial charge in [-0.3, -0.25) is 0 Å². The van der Waals surface area contributed by atoms with Crippen LogP contribution in [0.4, 0.5) is 0 Å². The van der Waals surface area contributed by atoms with Gasteiger partial charge in [-0.15, -0.1) is 0 Å². The Morgan fingerprint density at radius 2 is 1.80 bits per heavy atom. The molecule has 5 nitrogen and oxygen atoms in total. The monoisotopic (exact) mass is 365 g/mol. The number of ether oxygens (including phenoxy) is 2. The number of sulfonamides is 1. The van der Waals surface area contributed by atoms with Crippen molar-refractivity contribution in [3.05, 3.63) is 29.3 Å². The first kappa shape index (κ1) is 17.5. The molecule has 1 saturated carbocycles. The second-order valence-electron chi connectivity index (χ2n) is 7.51. The third kappa shape index (κ3) is 3.77. The van der Waals surface area contributed by atoms with Crippen molar-refractivity contribution in [1.29, 1.82) is 0 Å². The summed E-state index contributed by atoms with van der Waals surface area (Å²) in [5.74, 6) is -0.458. The predicted octanol–water partition coefficient (Wildman–Crippen LogP) is 2.92.